The van der Waals surface area contributed by atoms with Crippen molar-refractivity contribution < 1.29 is 26.7 Å². The van der Waals surface area contributed by atoms with Gasteiger partial charge in [-0.2, -0.15) is 23.1 Å². The summed E-state index contributed by atoms with van der Waals surface area (Å²) in [7, 11) is -4.14. The van der Waals surface area contributed by atoms with Crippen LogP contribution in [-0.4, -0.2) is 45.2 Å². The van der Waals surface area contributed by atoms with Crippen LogP contribution in [0.25, 0.3) is 11.2 Å². The minimum atomic E-state index is -4.59. The number of sulfonamides is 1. The minimum Gasteiger partial charge on any atom is -0.393 e. The third-order valence-electron chi connectivity index (χ3n) is 6.70. The fourth-order valence-electron chi connectivity index (χ4n) is 4.56. The van der Waals surface area contributed by atoms with Crippen LogP contribution in [0.1, 0.15) is 38.2 Å². The molecule has 1 saturated carbocycles. The summed E-state index contributed by atoms with van der Waals surface area (Å²) >= 11 is 0. The summed E-state index contributed by atoms with van der Waals surface area (Å²) in [6, 6.07) is 9.86. The van der Waals surface area contributed by atoms with Crippen LogP contribution in [-0.2, 0) is 22.7 Å². The summed E-state index contributed by atoms with van der Waals surface area (Å²) < 4.78 is 68.8. The molecule has 2 aromatic heterocycles. The molecule has 212 valence electrons. The molecule has 40 heavy (non-hydrogen) atoms. The molecule has 0 bridgehead atoms. The van der Waals surface area contributed by atoms with Crippen LogP contribution in [0.4, 0.5) is 36.3 Å². The molecule has 10 nitrogen and oxygen atoms in total. The molecule has 0 saturated heterocycles. The molecule has 2 heterocycles. The Labute approximate surface area is 228 Å². The number of anilines is 4. The highest BCUT2D eigenvalue weighted by molar-refractivity contribution is 7.92. The lowest BCUT2D eigenvalue weighted by atomic mass is 9.93. The third kappa shape index (κ3) is 6.12. The van der Waals surface area contributed by atoms with E-state index in [4.69, 9.17) is 0 Å². The standard InChI is InChI=1S/C26H28F3N7O3S/c1-2-36-15-30-22-23(33-25(34-24(22)36)32-18-6-10-20(37)11-7-18)31-17-8-12-21(13-9-17)40(38,39)35-19-5-3-4-16(14-19)26(27,28)29/h3-5,8-9,12-15,18,20,35,37H,2,6-7,10-11H2,1H3,(H2,31,32,33,34). The van der Waals surface area contributed by atoms with Crippen LogP contribution in [0.2, 0.25) is 0 Å². The number of nitrogens with one attached hydrogen (secondary N) is 3. The number of rotatable bonds is 8. The van der Waals surface area contributed by atoms with Crippen molar-refractivity contribution in [1.82, 2.24) is 19.5 Å². The van der Waals surface area contributed by atoms with Gasteiger partial charge in [-0.05, 0) is 75.1 Å². The van der Waals surface area contributed by atoms with Crippen molar-refractivity contribution in [2.24, 2.45) is 0 Å². The number of benzene rings is 2. The molecular weight excluding hydrogens is 547 g/mol. The average Bonchev–Trinajstić information content (AvgIpc) is 3.33. The van der Waals surface area contributed by atoms with Crippen molar-refractivity contribution in [1.29, 1.82) is 0 Å². The number of alkyl halides is 3. The summed E-state index contributed by atoms with van der Waals surface area (Å²) in [5, 5.41) is 16.3. The number of halogens is 3. The Balaban J connectivity index is 1.36. The number of aromatic nitrogens is 4. The second kappa shape index (κ2) is 10.9. The summed E-state index contributed by atoms with van der Waals surface area (Å²) in [5.74, 6) is 0.837. The van der Waals surface area contributed by atoms with Crippen LogP contribution >= 0.6 is 0 Å². The molecule has 5 rings (SSSR count). The Morgan fingerprint density at radius 3 is 2.42 bits per heavy atom. The van der Waals surface area contributed by atoms with Gasteiger partial charge < -0.3 is 20.3 Å². The van der Waals surface area contributed by atoms with E-state index in [0.29, 0.717) is 48.0 Å². The van der Waals surface area contributed by atoms with E-state index in [9.17, 15) is 26.7 Å². The molecule has 2 aromatic carbocycles. The fourth-order valence-corrected chi connectivity index (χ4v) is 5.61. The van der Waals surface area contributed by atoms with E-state index in [-0.39, 0.29) is 22.7 Å². The highest BCUT2D eigenvalue weighted by atomic mass is 32.2. The first-order chi connectivity index (χ1) is 19.0. The summed E-state index contributed by atoms with van der Waals surface area (Å²) in [6.07, 6.45) is -0.215. The zero-order valence-corrected chi connectivity index (χ0v) is 22.3. The van der Waals surface area contributed by atoms with Gasteiger partial charge >= 0.3 is 6.18 Å². The van der Waals surface area contributed by atoms with E-state index in [1.165, 1.54) is 30.3 Å². The van der Waals surface area contributed by atoms with Gasteiger partial charge in [0.2, 0.25) is 5.95 Å². The van der Waals surface area contributed by atoms with E-state index >= 15 is 0 Å². The van der Waals surface area contributed by atoms with E-state index in [0.717, 1.165) is 31.0 Å². The highest BCUT2D eigenvalue weighted by Gasteiger charge is 2.31. The molecule has 0 spiro atoms. The van der Waals surface area contributed by atoms with Crippen LogP contribution in [0, 0.1) is 0 Å². The predicted octanol–water partition coefficient (Wildman–Crippen LogP) is 5.12. The number of imidazole rings is 1. The smallest absolute Gasteiger partial charge is 0.393 e. The fraction of sp³-hybridized carbons (Fsp3) is 0.346. The Bertz CT molecular complexity index is 1600. The maximum atomic E-state index is 13.0. The molecule has 1 fully saturated rings. The van der Waals surface area contributed by atoms with E-state index in [1.54, 1.807) is 6.33 Å². The molecule has 4 N–H and O–H groups in total. The molecule has 1 aliphatic carbocycles. The Morgan fingerprint density at radius 1 is 1.02 bits per heavy atom. The van der Waals surface area contributed by atoms with Crippen molar-refractivity contribution in [3.05, 3.63) is 60.4 Å². The van der Waals surface area contributed by atoms with Crippen LogP contribution < -0.4 is 15.4 Å². The van der Waals surface area contributed by atoms with Gasteiger partial charge in [-0.25, -0.2) is 13.4 Å². The minimum absolute atomic E-state index is 0.125. The Morgan fingerprint density at radius 2 is 1.75 bits per heavy atom. The zero-order valence-electron chi connectivity index (χ0n) is 21.5. The number of aliphatic hydroxyl groups excluding tert-OH is 1. The van der Waals surface area contributed by atoms with Gasteiger partial charge in [-0.15, -0.1) is 0 Å². The van der Waals surface area contributed by atoms with Crippen molar-refractivity contribution in [3.63, 3.8) is 0 Å². The van der Waals surface area contributed by atoms with Gasteiger partial charge in [-0.1, -0.05) is 6.07 Å². The second-order valence-electron chi connectivity index (χ2n) is 9.58. The molecule has 0 aliphatic heterocycles. The zero-order chi connectivity index (χ0) is 28.5. The number of aryl methyl sites for hydroxylation is 1. The lowest BCUT2D eigenvalue weighted by Gasteiger charge is -2.26. The maximum Gasteiger partial charge on any atom is 0.416 e. The summed E-state index contributed by atoms with van der Waals surface area (Å²) in [5.41, 5.74) is 0.538. The van der Waals surface area contributed by atoms with Crippen LogP contribution in [0.3, 0.4) is 0 Å². The third-order valence-corrected chi connectivity index (χ3v) is 8.10. The number of nitrogens with zero attached hydrogens (tertiary/aromatic N) is 4. The number of hydrogen-bond acceptors (Lipinski definition) is 8. The van der Waals surface area contributed by atoms with E-state index < -0.39 is 21.8 Å². The van der Waals surface area contributed by atoms with Crippen molar-refractivity contribution >= 4 is 44.3 Å². The molecule has 0 unspecified atom stereocenters. The molecule has 4 aromatic rings. The monoisotopic (exact) mass is 575 g/mol. The molecule has 14 heteroatoms. The van der Waals surface area contributed by atoms with Gasteiger partial charge in [0.25, 0.3) is 10.0 Å². The summed E-state index contributed by atoms with van der Waals surface area (Å²) in [4.78, 5) is 13.6. The number of aliphatic hydroxyl groups is 1. The van der Waals surface area contributed by atoms with E-state index in [2.05, 4.69) is 30.3 Å². The van der Waals surface area contributed by atoms with Crippen molar-refractivity contribution in [2.75, 3.05) is 15.4 Å². The normalized spacial score (nSPS) is 18.0. The number of hydrogen-bond donors (Lipinski definition) is 4. The van der Waals surface area contributed by atoms with Crippen molar-refractivity contribution in [3.8, 4) is 0 Å². The van der Waals surface area contributed by atoms with Gasteiger partial charge in [0.1, 0.15) is 0 Å². The average molecular weight is 576 g/mol. The topological polar surface area (TPSA) is 134 Å². The predicted molar refractivity (Wildman–Crippen MR) is 145 cm³/mol. The molecule has 0 atom stereocenters. The summed E-state index contributed by atoms with van der Waals surface area (Å²) in [6.45, 7) is 2.62. The molecule has 0 radical (unpaired) electrons. The van der Waals surface area contributed by atoms with Crippen molar-refractivity contribution in [2.45, 2.75) is 62.4 Å². The molecular formula is C26H28F3N7O3S. The first-order valence-electron chi connectivity index (χ1n) is 12.8. The Kier molecular flexibility index (Phi) is 7.55. The maximum absolute atomic E-state index is 13.0. The van der Waals surface area contributed by atoms with Crippen LogP contribution in [0.15, 0.2) is 59.8 Å². The first-order valence-corrected chi connectivity index (χ1v) is 14.2. The first kappa shape index (κ1) is 27.6. The van der Waals surface area contributed by atoms with Gasteiger partial charge in [-0.3, -0.25) is 4.72 Å². The largest absolute Gasteiger partial charge is 0.416 e. The SMILES string of the molecule is CCn1cnc2c(Nc3ccc(S(=O)(=O)Nc4cccc(C(F)(F)F)c4)cc3)nc(NC3CCC(O)CC3)nc21. The molecule has 1 aliphatic rings. The molecule has 0 amide bonds. The van der Waals surface area contributed by atoms with Crippen LogP contribution in [0.5, 0.6) is 0 Å². The lowest BCUT2D eigenvalue weighted by Crippen LogP contribution is -2.29. The van der Waals surface area contributed by atoms with E-state index in [1.807, 2.05) is 11.5 Å². The van der Waals surface area contributed by atoms with Gasteiger partial charge in [0.05, 0.1) is 22.9 Å². The van der Waals surface area contributed by atoms with Gasteiger partial charge in [0.15, 0.2) is 17.0 Å². The van der Waals surface area contributed by atoms with Gasteiger partial charge in [0, 0.05) is 24.0 Å². The second-order valence-corrected chi connectivity index (χ2v) is 11.3. The highest BCUT2D eigenvalue weighted by Crippen LogP contribution is 2.32. The Hall–Kier alpha value is -3.91. The number of fused-ring (bicyclic) bond motifs is 1. The quantitative estimate of drug-likeness (QED) is 0.227. The lowest BCUT2D eigenvalue weighted by molar-refractivity contribution is -0.137.